The van der Waals surface area contributed by atoms with Crippen LogP contribution in [0.15, 0.2) is 24.4 Å². The van der Waals surface area contributed by atoms with Crippen LogP contribution in [0, 0.1) is 16.7 Å². The number of methoxy groups -OCH3 is 1. The largest absolute Gasteiger partial charge is 0.497 e. The molecule has 1 aromatic carbocycles. The highest BCUT2D eigenvalue weighted by molar-refractivity contribution is 6.26. The summed E-state index contributed by atoms with van der Waals surface area (Å²) in [7, 11) is 0.599. The SMILES string of the molecule is COc1ccc2c(c1)c(C#N)cn2CCC(C)(C)C(O[SiH2]C)O[SiH2]C. The fourth-order valence-corrected chi connectivity index (χ4v) is 4.90. The molecule has 0 unspecified atom stereocenters. The number of rotatable bonds is 9. The second kappa shape index (κ2) is 8.67. The maximum Gasteiger partial charge on any atom is 0.161 e. The van der Waals surface area contributed by atoms with Crippen LogP contribution in [-0.4, -0.2) is 37.5 Å². The van der Waals surface area contributed by atoms with Gasteiger partial charge in [0.2, 0.25) is 0 Å². The Morgan fingerprint density at radius 1 is 1.24 bits per heavy atom. The zero-order chi connectivity index (χ0) is 18.4. The number of hydrogen-bond acceptors (Lipinski definition) is 4. The molecule has 0 atom stereocenters. The Morgan fingerprint density at radius 3 is 2.48 bits per heavy atom. The minimum Gasteiger partial charge on any atom is -0.497 e. The second-order valence-corrected chi connectivity index (χ2v) is 8.53. The van der Waals surface area contributed by atoms with Gasteiger partial charge in [-0.05, 0) is 24.6 Å². The Labute approximate surface area is 154 Å². The number of aromatic nitrogens is 1. The van der Waals surface area contributed by atoms with Crippen LogP contribution < -0.4 is 4.74 Å². The van der Waals surface area contributed by atoms with Crippen LogP contribution in [0.25, 0.3) is 10.9 Å². The summed E-state index contributed by atoms with van der Waals surface area (Å²) < 4.78 is 19.3. The van der Waals surface area contributed by atoms with Crippen LogP contribution in [0.2, 0.25) is 13.1 Å². The number of ether oxygens (including phenoxy) is 1. The van der Waals surface area contributed by atoms with E-state index in [0.717, 1.165) is 29.6 Å². The first-order chi connectivity index (χ1) is 12.0. The molecule has 7 heteroatoms. The molecule has 0 fully saturated rings. The van der Waals surface area contributed by atoms with Gasteiger partial charge in [-0.25, -0.2) is 0 Å². The molecule has 2 aromatic rings. The van der Waals surface area contributed by atoms with Gasteiger partial charge in [-0.15, -0.1) is 0 Å². The summed E-state index contributed by atoms with van der Waals surface area (Å²) in [6.45, 7) is 9.49. The standard InChI is InChI=1S/C18H28N2O3Si2/c1-18(2,17(22-24-4)23-25-5)8-9-20-12-13(11-19)15-10-14(21-3)6-7-16(15)20/h6-7,10,12,17H,8-9,24-25H2,1-5H3. The molecule has 0 bridgehead atoms. The van der Waals surface area contributed by atoms with Crippen molar-refractivity contribution >= 4 is 30.4 Å². The van der Waals surface area contributed by atoms with E-state index in [1.807, 2.05) is 24.4 Å². The van der Waals surface area contributed by atoms with Crippen molar-refractivity contribution in [3.63, 3.8) is 0 Å². The molecule has 1 heterocycles. The van der Waals surface area contributed by atoms with Crippen molar-refractivity contribution in [2.24, 2.45) is 5.41 Å². The van der Waals surface area contributed by atoms with Crippen LogP contribution in [-0.2, 0) is 15.4 Å². The van der Waals surface area contributed by atoms with Gasteiger partial charge in [0.25, 0.3) is 0 Å². The van der Waals surface area contributed by atoms with E-state index in [1.165, 1.54) is 0 Å². The van der Waals surface area contributed by atoms with Crippen molar-refractivity contribution in [3.8, 4) is 11.8 Å². The Kier molecular flexibility index (Phi) is 6.84. The lowest BCUT2D eigenvalue weighted by Crippen LogP contribution is -2.36. The molecule has 0 saturated heterocycles. The highest BCUT2D eigenvalue weighted by Gasteiger charge is 2.30. The van der Waals surface area contributed by atoms with Gasteiger partial charge >= 0.3 is 0 Å². The van der Waals surface area contributed by atoms with E-state index in [4.69, 9.17) is 13.6 Å². The maximum absolute atomic E-state index is 9.43. The summed E-state index contributed by atoms with van der Waals surface area (Å²) in [6.07, 6.45) is 2.74. The third-order valence-corrected chi connectivity index (χ3v) is 5.75. The second-order valence-electron chi connectivity index (χ2n) is 6.71. The lowest BCUT2D eigenvalue weighted by Gasteiger charge is -2.34. The van der Waals surface area contributed by atoms with Crippen LogP contribution in [0.5, 0.6) is 5.75 Å². The van der Waals surface area contributed by atoms with E-state index >= 15 is 0 Å². The van der Waals surface area contributed by atoms with Crippen molar-refractivity contribution in [1.82, 2.24) is 4.57 Å². The summed E-state index contributed by atoms with van der Waals surface area (Å²) in [5, 5.41) is 10.4. The molecule has 0 amide bonds. The molecule has 0 aliphatic rings. The van der Waals surface area contributed by atoms with Crippen molar-refractivity contribution in [2.45, 2.75) is 46.2 Å². The van der Waals surface area contributed by atoms with Gasteiger partial charge in [0, 0.05) is 29.1 Å². The number of nitriles is 1. The van der Waals surface area contributed by atoms with E-state index in [9.17, 15) is 5.26 Å². The van der Waals surface area contributed by atoms with Gasteiger partial charge in [-0.2, -0.15) is 5.26 Å². The molecule has 1 aromatic heterocycles. The molecule has 0 saturated carbocycles. The van der Waals surface area contributed by atoms with Crippen LogP contribution in [0.3, 0.4) is 0 Å². The predicted octanol–water partition coefficient (Wildman–Crippen LogP) is 2.56. The number of benzene rings is 1. The molecule has 0 aliphatic carbocycles. The van der Waals surface area contributed by atoms with E-state index < -0.39 is 19.5 Å². The minimum atomic E-state index is -0.520. The van der Waals surface area contributed by atoms with Crippen molar-refractivity contribution < 1.29 is 13.6 Å². The lowest BCUT2D eigenvalue weighted by atomic mass is 9.88. The van der Waals surface area contributed by atoms with Gasteiger partial charge in [-0.1, -0.05) is 26.9 Å². The third kappa shape index (κ3) is 4.52. The molecule has 2 rings (SSSR count). The first-order valence-electron chi connectivity index (χ1n) is 8.77. The molecule has 0 aliphatic heterocycles. The van der Waals surface area contributed by atoms with Gasteiger partial charge in [-0.3, -0.25) is 0 Å². The fraction of sp³-hybridized carbons (Fsp3) is 0.500. The van der Waals surface area contributed by atoms with E-state index in [2.05, 4.69) is 37.6 Å². The summed E-state index contributed by atoms with van der Waals surface area (Å²) in [6, 6.07) is 8.17. The maximum atomic E-state index is 9.43. The molecule has 0 spiro atoms. The lowest BCUT2D eigenvalue weighted by molar-refractivity contribution is -0.0832. The molecule has 5 nitrogen and oxygen atoms in total. The smallest absolute Gasteiger partial charge is 0.161 e. The summed E-state index contributed by atoms with van der Waals surface area (Å²) in [4.78, 5) is 0. The molecule has 25 heavy (non-hydrogen) atoms. The number of aryl methyl sites for hydroxylation is 1. The van der Waals surface area contributed by atoms with Crippen molar-refractivity contribution in [2.75, 3.05) is 7.11 Å². The van der Waals surface area contributed by atoms with Crippen LogP contribution in [0.4, 0.5) is 0 Å². The molecule has 136 valence electrons. The van der Waals surface area contributed by atoms with Crippen molar-refractivity contribution in [1.29, 1.82) is 5.26 Å². The number of hydrogen-bond donors (Lipinski definition) is 0. The van der Waals surface area contributed by atoms with Crippen LogP contribution in [0.1, 0.15) is 25.8 Å². The molecule has 0 N–H and O–H groups in total. The zero-order valence-electron chi connectivity index (χ0n) is 15.8. The van der Waals surface area contributed by atoms with Gasteiger partial charge in [0.1, 0.15) is 18.1 Å². The quantitative estimate of drug-likeness (QED) is 0.498. The van der Waals surface area contributed by atoms with E-state index in [-0.39, 0.29) is 11.7 Å². The summed E-state index contributed by atoms with van der Waals surface area (Å²) >= 11 is 0. The first kappa shape index (κ1) is 19.7. The Bertz CT molecular complexity index is 747. The molecular weight excluding hydrogens is 348 g/mol. The highest BCUT2D eigenvalue weighted by atomic mass is 28.2. The van der Waals surface area contributed by atoms with Crippen molar-refractivity contribution in [3.05, 3.63) is 30.0 Å². The summed E-state index contributed by atoms with van der Waals surface area (Å²) in [5.41, 5.74) is 1.67. The topological polar surface area (TPSA) is 56.4 Å². The number of fused-ring (bicyclic) bond motifs is 1. The predicted molar refractivity (Wildman–Crippen MR) is 106 cm³/mol. The Morgan fingerprint density at radius 2 is 1.92 bits per heavy atom. The van der Waals surface area contributed by atoms with E-state index in [1.54, 1.807) is 7.11 Å². The third-order valence-electron chi connectivity index (χ3n) is 4.48. The molecule has 0 radical (unpaired) electrons. The monoisotopic (exact) mass is 376 g/mol. The van der Waals surface area contributed by atoms with Gasteiger partial charge in [0.05, 0.1) is 12.7 Å². The normalized spacial score (nSPS) is 13.9. The summed E-state index contributed by atoms with van der Waals surface area (Å²) in [5.74, 6) is 0.768. The van der Waals surface area contributed by atoms with E-state index in [0.29, 0.717) is 5.56 Å². The number of nitrogens with zero attached hydrogens (tertiary/aromatic N) is 2. The first-order valence-corrected chi connectivity index (χ1v) is 12.7. The minimum absolute atomic E-state index is 0.0676. The van der Waals surface area contributed by atoms with Gasteiger partial charge < -0.3 is 18.2 Å². The fourth-order valence-electron chi connectivity index (χ4n) is 3.01. The molecular formula is C18H28N2O3Si2. The Balaban J connectivity index is 2.24. The highest BCUT2D eigenvalue weighted by Crippen LogP contribution is 2.31. The zero-order valence-corrected chi connectivity index (χ0v) is 18.7. The van der Waals surface area contributed by atoms with Crippen LogP contribution >= 0.6 is 0 Å². The average Bonchev–Trinajstić information content (AvgIpc) is 2.97. The Hall–Kier alpha value is -1.60. The van der Waals surface area contributed by atoms with Gasteiger partial charge in [0.15, 0.2) is 19.5 Å². The average molecular weight is 377 g/mol.